The summed E-state index contributed by atoms with van der Waals surface area (Å²) in [5, 5.41) is 1.78. The van der Waals surface area contributed by atoms with Crippen LogP contribution >= 0.6 is 11.6 Å². The van der Waals surface area contributed by atoms with Crippen LogP contribution in [0.2, 0.25) is 5.02 Å². The van der Waals surface area contributed by atoms with E-state index in [0.29, 0.717) is 16.7 Å². The number of benzene rings is 3. The van der Waals surface area contributed by atoms with E-state index >= 15 is 0 Å². The first-order chi connectivity index (χ1) is 11.8. The van der Waals surface area contributed by atoms with Crippen LogP contribution in [0, 0.1) is 0 Å². The molecule has 0 aliphatic carbocycles. The zero-order valence-corrected chi connectivity index (χ0v) is 13.6. The highest BCUT2D eigenvalue weighted by atomic mass is 35.5. The topological polar surface area (TPSA) is 22.1 Å². The molecule has 0 aliphatic rings. The molecule has 0 atom stereocenters. The molecule has 4 aromatic rings. The van der Waals surface area contributed by atoms with Gasteiger partial charge in [-0.05, 0) is 41.5 Å². The van der Waals surface area contributed by atoms with E-state index in [4.69, 9.17) is 16.3 Å². The lowest BCUT2D eigenvalue weighted by molar-refractivity contribution is 0.465. The number of hydrogen-bond donors (Lipinski definition) is 0. The summed E-state index contributed by atoms with van der Waals surface area (Å²) in [4.78, 5) is 4.62. The Kier molecular flexibility index (Phi) is 3.89. The van der Waals surface area contributed by atoms with Crippen LogP contribution in [0.25, 0.3) is 22.0 Å². The van der Waals surface area contributed by atoms with Gasteiger partial charge in [-0.1, -0.05) is 60.1 Å². The van der Waals surface area contributed by atoms with Crippen molar-refractivity contribution in [3.8, 4) is 22.8 Å². The molecule has 0 amide bonds. The fourth-order valence-corrected chi connectivity index (χ4v) is 2.81. The largest absolute Gasteiger partial charge is 0.439 e. The third-order valence-corrected chi connectivity index (χ3v) is 4.07. The maximum absolute atomic E-state index is 5.93. The van der Waals surface area contributed by atoms with Gasteiger partial charge in [0.25, 0.3) is 0 Å². The number of para-hydroxylation sites is 1. The summed E-state index contributed by atoms with van der Waals surface area (Å²) in [5.41, 5.74) is 3.14. The van der Waals surface area contributed by atoms with E-state index in [1.807, 2.05) is 54.6 Å². The Labute approximate surface area is 145 Å². The molecule has 0 bridgehead atoms. The summed E-state index contributed by atoms with van der Waals surface area (Å²) in [6.07, 6.45) is 0. The lowest BCUT2D eigenvalue weighted by Crippen LogP contribution is -1.91. The van der Waals surface area contributed by atoms with E-state index in [0.717, 1.165) is 22.0 Å². The molecule has 0 fully saturated rings. The summed E-state index contributed by atoms with van der Waals surface area (Å²) < 4.78 is 5.93. The molecule has 1 aromatic heterocycles. The van der Waals surface area contributed by atoms with Gasteiger partial charge >= 0.3 is 0 Å². The molecule has 0 radical (unpaired) electrons. The van der Waals surface area contributed by atoms with Gasteiger partial charge in [-0.2, -0.15) is 0 Å². The van der Waals surface area contributed by atoms with Crippen molar-refractivity contribution < 1.29 is 4.74 Å². The minimum Gasteiger partial charge on any atom is -0.439 e. The monoisotopic (exact) mass is 331 g/mol. The zero-order chi connectivity index (χ0) is 16.4. The lowest BCUT2D eigenvalue weighted by atomic mass is 10.0. The molecule has 0 N–H and O–H groups in total. The second kappa shape index (κ2) is 6.34. The highest BCUT2D eigenvalue weighted by molar-refractivity contribution is 6.30. The number of hydrogen-bond acceptors (Lipinski definition) is 2. The molecule has 4 rings (SSSR count). The maximum Gasteiger partial charge on any atom is 0.220 e. The van der Waals surface area contributed by atoms with Crippen molar-refractivity contribution in [2.24, 2.45) is 0 Å². The third-order valence-electron chi connectivity index (χ3n) is 3.81. The van der Waals surface area contributed by atoms with Crippen LogP contribution in [0.3, 0.4) is 0 Å². The molecular weight excluding hydrogens is 318 g/mol. The van der Waals surface area contributed by atoms with Crippen molar-refractivity contribution in [1.29, 1.82) is 0 Å². The van der Waals surface area contributed by atoms with E-state index in [1.165, 1.54) is 0 Å². The number of halogens is 1. The molecule has 1 heterocycles. The molecule has 0 unspecified atom stereocenters. The van der Waals surface area contributed by atoms with E-state index in [1.54, 1.807) is 12.1 Å². The molecule has 3 heteroatoms. The van der Waals surface area contributed by atoms with Gasteiger partial charge < -0.3 is 4.74 Å². The van der Waals surface area contributed by atoms with Crippen LogP contribution < -0.4 is 4.74 Å². The fourth-order valence-electron chi connectivity index (χ4n) is 2.68. The summed E-state index contributed by atoms with van der Waals surface area (Å²) in [5.74, 6) is 1.27. The van der Waals surface area contributed by atoms with Gasteiger partial charge in [-0.25, -0.2) is 4.98 Å². The van der Waals surface area contributed by atoms with Crippen LogP contribution in [-0.4, -0.2) is 4.98 Å². The van der Waals surface area contributed by atoms with Gasteiger partial charge in [0.1, 0.15) is 5.75 Å². The SMILES string of the molecule is Clc1ccc(Oc2cc(-c3ccccc3)c3ccccc3n2)cc1. The van der Waals surface area contributed by atoms with E-state index in [-0.39, 0.29) is 0 Å². The number of pyridine rings is 1. The van der Waals surface area contributed by atoms with Crippen molar-refractivity contribution in [3.63, 3.8) is 0 Å². The highest BCUT2D eigenvalue weighted by Crippen LogP contribution is 2.32. The summed E-state index contributed by atoms with van der Waals surface area (Å²) in [7, 11) is 0. The summed E-state index contributed by atoms with van der Waals surface area (Å²) >= 11 is 5.93. The van der Waals surface area contributed by atoms with E-state index < -0.39 is 0 Å². The maximum atomic E-state index is 5.93. The first-order valence-electron chi connectivity index (χ1n) is 7.68. The second-order valence-electron chi connectivity index (χ2n) is 5.45. The minimum atomic E-state index is 0.565. The quantitative estimate of drug-likeness (QED) is 0.436. The van der Waals surface area contributed by atoms with Crippen LogP contribution in [0.15, 0.2) is 84.9 Å². The second-order valence-corrected chi connectivity index (χ2v) is 5.88. The van der Waals surface area contributed by atoms with Crippen molar-refractivity contribution in [2.75, 3.05) is 0 Å². The van der Waals surface area contributed by atoms with Gasteiger partial charge in [-0.15, -0.1) is 0 Å². The van der Waals surface area contributed by atoms with Gasteiger partial charge in [0.2, 0.25) is 5.88 Å². The van der Waals surface area contributed by atoms with Crippen molar-refractivity contribution in [1.82, 2.24) is 4.98 Å². The summed E-state index contributed by atoms with van der Waals surface area (Å²) in [6, 6.07) is 27.6. The van der Waals surface area contributed by atoms with Gasteiger partial charge in [0.15, 0.2) is 0 Å². The van der Waals surface area contributed by atoms with Crippen LogP contribution in [0.5, 0.6) is 11.6 Å². The van der Waals surface area contributed by atoms with Crippen molar-refractivity contribution >= 4 is 22.5 Å². The molecule has 116 valence electrons. The Morgan fingerprint density at radius 1 is 0.750 bits per heavy atom. The Balaban J connectivity index is 1.83. The van der Waals surface area contributed by atoms with Gasteiger partial charge in [0, 0.05) is 16.5 Å². The fraction of sp³-hybridized carbons (Fsp3) is 0. The number of fused-ring (bicyclic) bond motifs is 1. The molecular formula is C21H14ClNO. The number of aromatic nitrogens is 1. The Morgan fingerprint density at radius 2 is 1.46 bits per heavy atom. The highest BCUT2D eigenvalue weighted by Gasteiger charge is 2.09. The Bertz CT molecular complexity index is 982. The average molecular weight is 332 g/mol. The Morgan fingerprint density at radius 3 is 2.25 bits per heavy atom. The minimum absolute atomic E-state index is 0.565. The van der Waals surface area contributed by atoms with Gasteiger partial charge in [0.05, 0.1) is 5.52 Å². The molecule has 24 heavy (non-hydrogen) atoms. The predicted molar refractivity (Wildman–Crippen MR) is 98.7 cm³/mol. The van der Waals surface area contributed by atoms with E-state index in [2.05, 4.69) is 23.2 Å². The number of nitrogens with zero attached hydrogens (tertiary/aromatic N) is 1. The lowest BCUT2D eigenvalue weighted by Gasteiger charge is -2.11. The van der Waals surface area contributed by atoms with Crippen LogP contribution in [0.1, 0.15) is 0 Å². The normalized spacial score (nSPS) is 10.7. The smallest absolute Gasteiger partial charge is 0.220 e. The van der Waals surface area contributed by atoms with E-state index in [9.17, 15) is 0 Å². The average Bonchev–Trinajstić information content (AvgIpc) is 2.64. The molecule has 3 aromatic carbocycles. The van der Waals surface area contributed by atoms with Gasteiger partial charge in [-0.3, -0.25) is 0 Å². The molecule has 0 spiro atoms. The van der Waals surface area contributed by atoms with Crippen LogP contribution in [0.4, 0.5) is 0 Å². The van der Waals surface area contributed by atoms with Crippen LogP contribution in [-0.2, 0) is 0 Å². The third kappa shape index (κ3) is 2.97. The standard InChI is InChI=1S/C21H14ClNO/c22-16-10-12-17(13-11-16)24-21-14-19(15-6-2-1-3-7-15)18-8-4-5-9-20(18)23-21/h1-14H. The molecule has 0 saturated heterocycles. The van der Waals surface area contributed by atoms with Crippen molar-refractivity contribution in [2.45, 2.75) is 0 Å². The molecule has 0 aliphatic heterocycles. The molecule has 2 nitrogen and oxygen atoms in total. The van der Waals surface area contributed by atoms with Crippen molar-refractivity contribution in [3.05, 3.63) is 90.0 Å². The number of ether oxygens (including phenoxy) is 1. The summed E-state index contributed by atoms with van der Waals surface area (Å²) in [6.45, 7) is 0. The first-order valence-corrected chi connectivity index (χ1v) is 8.06. The Hall–Kier alpha value is -2.84. The predicted octanol–water partition coefficient (Wildman–Crippen LogP) is 6.35. The first kappa shape index (κ1) is 14.7. The zero-order valence-electron chi connectivity index (χ0n) is 12.8. The molecule has 0 saturated carbocycles. The number of rotatable bonds is 3.